The molecule has 0 saturated carbocycles. The van der Waals surface area contributed by atoms with Crippen molar-refractivity contribution in [3.63, 3.8) is 0 Å². The second kappa shape index (κ2) is 10.4. The summed E-state index contributed by atoms with van der Waals surface area (Å²) in [5.41, 5.74) is 4.75. The molecule has 0 aliphatic carbocycles. The molecule has 1 fully saturated rings. The van der Waals surface area contributed by atoms with Crippen LogP contribution in [0.25, 0.3) is 0 Å². The average Bonchev–Trinajstić information content (AvgIpc) is 2.90. The highest BCUT2D eigenvalue weighted by molar-refractivity contribution is 7.89. The van der Waals surface area contributed by atoms with Crippen LogP contribution in [0.15, 0.2) is 29.2 Å². The highest BCUT2D eigenvalue weighted by atomic mass is 32.2. The van der Waals surface area contributed by atoms with Crippen molar-refractivity contribution >= 4 is 27.7 Å². The molecule has 1 aliphatic rings. The second-order valence-electron chi connectivity index (χ2n) is 7.08. The first-order valence-electron chi connectivity index (χ1n) is 9.72. The summed E-state index contributed by atoms with van der Waals surface area (Å²) >= 11 is 0. The summed E-state index contributed by atoms with van der Waals surface area (Å²) < 4.78 is 27.0. The van der Waals surface area contributed by atoms with Crippen LogP contribution < -0.4 is 15.6 Å². The summed E-state index contributed by atoms with van der Waals surface area (Å²) in [6.45, 7) is 4.05. The number of carbonyl (C=O) groups is 3. The van der Waals surface area contributed by atoms with Crippen LogP contribution in [0.1, 0.15) is 56.3 Å². The third-order valence-electron chi connectivity index (χ3n) is 4.72. The Balaban J connectivity index is 1.89. The van der Waals surface area contributed by atoms with Crippen molar-refractivity contribution in [1.29, 1.82) is 0 Å². The molecule has 1 heterocycles. The zero-order chi connectivity index (χ0) is 21.4. The molecule has 9 nitrogen and oxygen atoms in total. The fourth-order valence-electron chi connectivity index (χ4n) is 2.82. The lowest BCUT2D eigenvalue weighted by atomic mass is 10.2. The highest BCUT2D eigenvalue weighted by Crippen LogP contribution is 2.12. The minimum atomic E-state index is -3.65. The molecule has 1 atom stereocenters. The Morgan fingerprint density at radius 1 is 1.10 bits per heavy atom. The number of likely N-dealkylation sites (tertiary alicyclic amines) is 1. The molecule has 1 saturated heterocycles. The Labute approximate surface area is 171 Å². The van der Waals surface area contributed by atoms with E-state index >= 15 is 0 Å². The molecule has 0 aromatic heterocycles. The van der Waals surface area contributed by atoms with Crippen LogP contribution in [0.5, 0.6) is 0 Å². The zero-order valence-electron chi connectivity index (χ0n) is 16.7. The molecular weight excluding hydrogens is 396 g/mol. The first-order chi connectivity index (χ1) is 13.7. The number of hydrogen-bond acceptors (Lipinski definition) is 5. The number of carbonyl (C=O) groups excluding carboxylic acids is 3. The minimum Gasteiger partial charge on any atom is -0.333 e. The van der Waals surface area contributed by atoms with E-state index in [-0.39, 0.29) is 29.0 Å². The first kappa shape index (κ1) is 22.8. The second-order valence-corrected chi connectivity index (χ2v) is 8.80. The molecule has 0 spiro atoms. The molecule has 0 bridgehead atoms. The maximum absolute atomic E-state index is 12.2. The smallest absolute Gasteiger partial charge is 0.269 e. The van der Waals surface area contributed by atoms with Gasteiger partial charge < -0.3 is 4.90 Å². The van der Waals surface area contributed by atoms with Gasteiger partial charge in [-0.15, -0.1) is 0 Å². The minimum absolute atomic E-state index is 0.0538. The Kier molecular flexibility index (Phi) is 8.15. The van der Waals surface area contributed by atoms with Gasteiger partial charge in [0.15, 0.2) is 0 Å². The molecule has 0 unspecified atom stereocenters. The van der Waals surface area contributed by atoms with Gasteiger partial charge in [-0.3, -0.25) is 25.2 Å². The summed E-state index contributed by atoms with van der Waals surface area (Å²) in [6, 6.07) is 5.19. The molecule has 3 N–H and O–H groups in total. The Hall–Kier alpha value is -2.46. The maximum Gasteiger partial charge on any atom is 0.269 e. The number of hydrogen-bond donors (Lipinski definition) is 3. The summed E-state index contributed by atoms with van der Waals surface area (Å²) in [4.78, 5) is 37.6. The third kappa shape index (κ3) is 6.82. The van der Waals surface area contributed by atoms with Crippen LogP contribution in [-0.2, 0) is 19.6 Å². The van der Waals surface area contributed by atoms with Crippen molar-refractivity contribution in [2.24, 2.45) is 0 Å². The van der Waals surface area contributed by atoms with E-state index in [0.717, 1.165) is 19.3 Å². The number of nitrogens with one attached hydrogen (secondary N) is 3. The predicted molar refractivity (Wildman–Crippen MR) is 107 cm³/mol. The van der Waals surface area contributed by atoms with Crippen molar-refractivity contribution in [3.8, 4) is 0 Å². The van der Waals surface area contributed by atoms with Gasteiger partial charge in [0.25, 0.3) is 11.8 Å². The lowest BCUT2D eigenvalue weighted by Gasteiger charge is -2.19. The predicted octanol–water partition coefficient (Wildman–Crippen LogP) is 0.927. The van der Waals surface area contributed by atoms with Crippen molar-refractivity contribution in [2.75, 3.05) is 13.1 Å². The van der Waals surface area contributed by atoms with Gasteiger partial charge in [-0.2, -0.15) is 0 Å². The van der Waals surface area contributed by atoms with E-state index in [1.165, 1.54) is 29.2 Å². The molecular formula is C19H28N4O5S. The quantitative estimate of drug-likeness (QED) is 0.562. The van der Waals surface area contributed by atoms with Crippen molar-refractivity contribution in [2.45, 2.75) is 56.9 Å². The van der Waals surface area contributed by atoms with E-state index in [0.29, 0.717) is 19.4 Å². The molecule has 160 valence electrons. The van der Waals surface area contributed by atoms with E-state index in [2.05, 4.69) is 15.6 Å². The lowest BCUT2D eigenvalue weighted by molar-refractivity contribution is -0.135. The van der Waals surface area contributed by atoms with Crippen LogP contribution in [-0.4, -0.2) is 50.2 Å². The normalized spacial score (nSPS) is 16.1. The van der Waals surface area contributed by atoms with Gasteiger partial charge in [-0.05, 0) is 50.5 Å². The van der Waals surface area contributed by atoms with Crippen LogP contribution >= 0.6 is 0 Å². The highest BCUT2D eigenvalue weighted by Gasteiger charge is 2.20. The maximum atomic E-state index is 12.2. The molecule has 10 heteroatoms. The molecule has 1 aromatic rings. The molecule has 1 aromatic carbocycles. The van der Waals surface area contributed by atoms with E-state index in [4.69, 9.17) is 0 Å². The SMILES string of the molecule is CC[C@@H](C)NS(=O)(=O)c1ccc(C(=O)NNC(=O)CN2CCCCCC2=O)cc1. The fraction of sp³-hybridized carbons (Fsp3) is 0.526. The number of nitrogens with zero attached hydrogens (tertiary/aromatic N) is 1. The van der Waals surface area contributed by atoms with Gasteiger partial charge >= 0.3 is 0 Å². The van der Waals surface area contributed by atoms with E-state index in [1.54, 1.807) is 6.92 Å². The van der Waals surface area contributed by atoms with Gasteiger partial charge in [0.2, 0.25) is 15.9 Å². The summed E-state index contributed by atoms with van der Waals surface area (Å²) in [5.74, 6) is -1.14. The zero-order valence-corrected chi connectivity index (χ0v) is 17.5. The van der Waals surface area contributed by atoms with E-state index in [1.807, 2.05) is 6.92 Å². The molecule has 3 amide bonds. The van der Waals surface area contributed by atoms with Crippen LogP contribution in [0.3, 0.4) is 0 Å². The van der Waals surface area contributed by atoms with Crippen molar-refractivity contribution in [3.05, 3.63) is 29.8 Å². The van der Waals surface area contributed by atoms with Crippen LogP contribution in [0, 0.1) is 0 Å². The van der Waals surface area contributed by atoms with E-state index < -0.39 is 21.8 Å². The number of hydrazine groups is 1. The fourth-order valence-corrected chi connectivity index (χ4v) is 4.15. The number of sulfonamides is 1. The molecule has 1 aliphatic heterocycles. The Morgan fingerprint density at radius 2 is 1.79 bits per heavy atom. The first-order valence-corrected chi connectivity index (χ1v) is 11.2. The monoisotopic (exact) mass is 424 g/mol. The lowest BCUT2D eigenvalue weighted by Crippen LogP contribution is -2.47. The summed E-state index contributed by atoms with van der Waals surface area (Å²) in [7, 11) is -3.65. The third-order valence-corrected chi connectivity index (χ3v) is 6.32. The van der Waals surface area contributed by atoms with Crippen molar-refractivity contribution in [1.82, 2.24) is 20.5 Å². The van der Waals surface area contributed by atoms with Gasteiger partial charge in [-0.25, -0.2) is 13.1 Å². The molecule has 29 heavy (non-hydrogen) atoms. The van der Waals surface area contributed by atoms with Gasteiger partial charge in [0.05, 0.1) is 4.90 Å². The molecule has 0 radical (unpaired) electrons. The van der Waals surface area contributed by atoms with Crippen LogP contribution in [0.2, 0.25) is 0 Å². The van der Waals surface area contributed by atoms with Crippen molar-refractivity contribution < 1.29 is 22.8 Å². The van der Waals surface area contributed by atoms with Gasteiger partial charge in [0.1, 0.15) is 6.54 Å². The number of rotatable bonds is 7. The van der Waals surface area contributed by atoms with Gasteiger partial charge in [-0.1, -0.05) is 13.3 Å². The summed E-state index contributed by atoms with van der Waals surface area (Å²) in [6.07, 6.45) is 3.72. The number of amides is 3. The standard InChI is InChI=1S/C19H28N4O5S/c1-3-14(2)22-29(27,28)16-10-8-15(9-11-16)19(26)21-20-17(24)13-23-12-6-4-5-7-18(23)25/h8-11,14,22H,3-7,12-13H2,1-2H3,(H,20,24)(H,21,26)/t14-/m1/s1. The average molecular weight is 425 g/mol. The Morgan fingerprint density at radius 3 is 2.45 bits per heavy atom. The van der Waals surface area contributed by atoms with E-state index in [9.17, 15) is 22.8 Å². The van der Waals surface area contributed by atoms with Gasteiger partial charge in [0, 0.05) is 24.6 Å². The van der Waals surface area contributed by atoms with Crippen LogP contribution in [0.4, 0.5) is 0 Å². The topological polar surface area (TPSA) is 125 Å². The molecule has 2 rings (SSSR count). The summed E-state index contributed by atoms with van der Waals surface area (Å²) in [5, 5.41) is 0. The number of benzene rings is 1. The Bertz CT molecular complexity index is 839. The largest absolute Gasteiger partial charge is 0.333 e.